The van der Waals surface area contributed by atoms with Crippen LogP contribution in [0.2, 0.25) is 0 Å². The predicted octanol–water partition coefficient (Wildman–Crippen LogP) is 4.12. The number of aromatic hydroxyl groups is 1. The third-order valence-corrected chi connectivity index (χ3v) is 6.61. The highest BCUT2D eigenvalue weighted by Gasteiger charge is 2.33. The van der Waals surface area contributed by atoms with E-state index in [0.29, 0.717) is 37.7 Å². The highest BCUT2D eigenvalue weighted by Crippen LogP contribution is 2.28. The van der Waals surface area contributed by atoms with E-state index in [9.17, 15) is 15.0 Å². The van der Waals surface area contributed by atoms with Gasteiger partial charge in [0, 0.05) is 25.5 Å². The summed E-state index contributed by atoms with van der Waals surface area (Å²) in [5, 5.41) is 20.4. The second-order valence-corrected chi connectivity index (χ2v) is 9.98. The number of hydrogen-bond acceptors (Lipinski definition) is 5. The van der Waals surface area contributed by atoms with Crippen LogP contribution in [0.15, 0.2) is 46.7 Å². The number of ether oxygens (including phenoxy) is 1. The molecule has 0 saturated heterocycles. The van der Waals surface area contributed by atoms with Gasteiger partial charge in [-0.05, 0) is 49.0 Å². The van der Waals surface area contributed by atoms with Crippen molar-refractivity contribution < 1.29 is 24.6 Å². The zero-order valence-electron chi connectivity index (χ0n) is 21.0. The molecule has 0 saturated carbocycles. The number of nitrogens with zero attached hydrogens (tertiary/aromatic N) is 1. The first-order valence-corrected chi connectivity index (χ1v) is 12.8. The molecule has 3 rings (SSSR count). The van der Waals surface area contributed by atoms with E-state index in [-0.39, 0.29) is 18.0 Å². The molecule has 34 heavy (non-hydrogen) atoms. The van der Waals surface area contributed by atoms with E-state index in [1.54, 1.807) is 6.07 Å². The van der Waals surface area contributed by atoms with Gasteiger partial charge in [-0.15, -0.1) is 0 Å². The number of fused-ring (bicyclic) bond motifs is 1. The Morgan fingerprint density at radius 3 is 2.79 bits per heavy atom. The van der Waals surface area contributed by atoms with Crippen LogP contribution in [-0.2, 0) is 11.2 Å². The number of Topliss-reactive ketones (excluding diaryl/α,β-unsaturated/α-hetero) is 1. The van der Waals surface area contributed by atoms with Crippen LogP contribution >= 0.6 is 0 Å². The zero-order valence-corrected chi connectivity index (χ0v) is 21.0. The van der Waals surface area contributed by atoms with E-state index in [0.717, 1.165) is 49.9 Å². The van der Waals surface area contributed by atoms with Gasteiger partial charge >= 0.3 is 0 Å². The number of phenolic OH excluding ortho intramolecular Hbond substituents is 1. The van der Waals surface area contributed by atoms with Gasteiger partial charge in [-0.3, -0.25) is 14.7 Å². The first-order chi connectivity index (χ1) is 16.4. The molecule has 0 amide bonds. The first kappa shape index (κ1) is 26.2. The number of carbonyl (C=O) groups is 1. The Morgan fingerprint density at radius 1 is 1.21 bits per heavy atom. The molecule has 0 spiro atoms. The number of quaternary nitrogens is 1. The monoisotopic (exact) mass is 469 g/mol. The lowest BCUT2D eigenvalue weighted by molar-refractivity contribution is -0.866. The molecule has 2 heterocycles. The molecular formula is C28H41N2O4+. The minimum atomic E-state index is -0.542. The van der Waals surface area contributed by atoms with Gasteiger partial charge in [-0.1, -0.05) is 46.1 Å². The van der Waals surface area contributed by atoms with E-state index < -0.39 is 6.10 Å². The van der Waals surface area contributed by atoms with Crippen LogP contribution in [0.5, 0.6) is 11.5 Å². The molecule has 2 aliphatic heterocycles. The Labute approximate surface area is 204 Å². The normalized spacial score (nSPS) is 17.9. The van der Waals surface area contributed by atoms with Gasteiger partial charge in [0.25, 0.3) is 0 Å². The second kappa shape index (κ2) is 12.9. The molecule has 2 unspecified atom stereocenters. The largest absolute Gasteiger partial charge is 0.504 e. The van der Waals surface area contributed by atoms with Gasteiger partial charge < -0.3 is 14.9 Å². The molecule has 2 atom stereocenters. The van der Waals surface area contributed by atoms with Crippen LogP contribution in [0.3, 0.4) is 0 Å². The fraction of sp³-hybridized carbons (Fsp3) is 0.571. The van der Waals surface area contributed by atoms with Crippen molar-refractivity contribution in [2.45, 2.75) is 84.7 Å². The number of aliphatic imine (C=N–C) groups is 1. The van der Waals surface area contributed by atoms with Gasteiger partial charge in [0.2, 0.25) is 6.73 Å². The SMILES string of the molecule is CCCCCC(O)CC(=O)CCc1ccc(O)c(OC[NH+]2CC3=NC=CC3=C2CCC(C)C)c1. The second-order valence-electron chi connectivity index (χ2n) is 9.98. The maximum Gasteiger partial charge on any atom is 0.227 e. The van der Waals surface area contributed by atoms with E-state index in [4.69, 9.17) is 4.74 Å². The fourth-order valence-corrected chi connectivity index (χ4v) is 4.54. The van der Waals surface area contributed by atoms with Crippen LogP contribution in [0.25, 0.3) is 0 Å². The summed E-state index contributed by atoms with van der Waals surface area (Å²) in [5.74, 6) is 1.25. The number of rotatable bonds is 15. The molecule has 1 aromatic rings. The number of aryl methyl sites for hydroxylation is 1. The van der Waals surface area contributed by atoms with Crippen molar-refractivity contribution in [2.24, 2.45) is 10.9 Å². The number of unbranched alkanes of at least 4 members (excludes halogenated alkanes) is 2. The van der Waals surface area contributed by atoms with E-state index in [1.165, 1.54) is 16.2 Å². The third-order valence-electron chi connectivity index (χ3n) is 6.61. The number of phenols is 1. The summed E-state index contributed by atoms with van der Waals surface area (Å²) in [7, 11) is 0. The minimum Gasteiger partial charge on any atom is -0.504 e. The Hall–Kier alpha value is -2.44. The number of nitrogens with one attached hydrogen (secondary N) is 1. The van der Waals surface area contributed by atoms with Crippen LogP contribution in [0, 0.1) is 5.92 Å². The quantitative estimate of drug-likeness (QED) is 0.338. The van der Waals surface area contributed by atoms with Gasteiger partial charge in [0.15, 0.2) is 11.5 Å². The van der Waals surface area contributed by atoms with Crippen molar-refractivity contribution in [1.82, 2.24) is 0 Å². The average Bonchev–Trinajstić information content (AvgIpc) is 3.37. The molecule has 0 bridgehead atoms. The summed E-state index contributed by atoms with van der Waals surface area (Å²) >= 11 is 0. The molecule has 2 aliphatic rings. The maximum absolute atomic E-state index is 12.3. The molecule has 6 heteroatoms. The third kappa shape index (κ3) is 7.54. The smallest absolute Gasteiger partial charge is 0.227 e. The van der Waals surface area contributed by atoms with E-state index >= 15 is 0 Å². The lowest BCUT2D eigenvalue weighted by atomic mass is 10.0. The number of aliphatic hydroxyl groups is 1. The van der Waals surface area contributed by atoms with Crippen LogP contribution in [-0.4, -0.2) is 41.1 Å². The summed E-state index contributed by atoms with van der Waals surface area (Å²) in [6.07, 6.45) is 10.5. The topological polar surface area (TPSA) is 83.6 Å². The van der Waals surface area contributed by atoms with Gasteiger partial charge in [0.05, 0.1) is 11.7 Å². The number of carbonyl (C=O) groups excluding carboxylic acids is 1. The average molecular weight is 470 g/mol. The van der Waals surface area contributed by atoms with Gasteiger partial charge in [-0.25, -0.2) is 0 Å². The highest BCUT2D eigenvalue weighted by atomic mass is 16.5. The Kier molecular flexibility index (Phi) is 9.90. The molecule has 6 nitrogen and oxygen atoms in total. The van der Waals surface area contributed by atoms with Gasteiger partial charge in [-0.2, -0.15) is 0 Å². The van der Waals surface area contributed by atoms with Crippen molar-refractivity contribution in [2.75, 3.05) is 13.3 Å². The van der Waals surface area contributed by atoms with Crippen LogP contribution in [0.4, 0.5) is 0 Å². The van der Waals surface area contributed by atoms with Crippen molar-refractivity contribution in [3.8, 4) is 11.5 Å². The maximum atomic E-state index is 12.3. The molecule has 186 valence electrons. The van der Waals surface area contributed by atoms with Crippen molar-refractivity contribution in [1.29, 1.82) is 0 Å². The lowest BCUT2D eigenvalue weighted by Crippen LogP contribution is -3.10. The number of hydrogen-bond donors (Lipinski definition) is 3. The van der Waals surface area contributed by atoms with E-state index in [2.05, 4.69) is 31.8 Å². The lowest BCUT2D eigenvalue weighted by Gasteiger charge is -2.18. The number of allylic oxidation sites excluding steroid dienone is 2. The minimum absolute atomic E-state index is 0.0721. The van der Waals surface area contributed by atoms with Crippen LogP contribution < -0.4 is 9.64 Å². The Morgan fingerprint density at radius 2 is 2.03 bits per heavy atom. The predicted molar refractivity (Wildman–Crippen MR) is 135 cm³/mol. The standard InChI is InChI=1S/C28H40N2O4/c1-4-5-6-7-22(31)17-23(32)11-9-21-10-13-27(33)28(16-21)34-19-30-18-25-24(14-15-29-25)26(30)12-8-20(2)3/h10,13-16,20,22,31,33H,4-9,11-12,17-19H2,1-3H3/p+1. The molecule has 0 fully saturated rings. The zero-order chi connectivity index (χ0) is 24.5. The Bertz CT molecular complexity index is 932. The summed E-state index contributed by atoms with van der Waals surface area (Å²) in [6.45, 7) is 7.81. The summed E-state index contributed by atoms with van der Waals surface area (Å²) in [6, 6.07) is 5.29. The Balaban J connectivity index is 1.53. The number of benzene rings is 1. The first-order valence-electron chi connectivity index (χ1n) is 12.8. The molecule has 0 radical (unpaired) electrons. The molecule has 3 N–H and O–H groups in total. The summed E-state index contributed by atoms with van der Waals surface area (Å²) in [5.41, 5.74) is 4.64. The summed E-state index contributed by atoms with van der Waals surface area (Å²) < 4.78 is 6.06. The number of aliphatic hydroxyl groups excluding tert-OH is 1. The van der Waals surface area contributed by atoms with Crippen LogP contribution in [0.1, 0.15) is 77.7 Å². The van der Waals surface area contributed by atoms with Crippen molar-refractivity contribution in [3.63, 3.8) is 0 Å². The summed E-state index contributed by atoms with van der Waals surface area (Å²) in [4.78, 5) is 18.0. The van der Waals surface area contributed by atoms with E-state index in [1.807, 2.05) is 18.3 Å². The van der Waals surface area contributed by atoms with Gasteiger partial charge in [0.1, 0.15) is 23.7 Å². The molecule has 0 aromatic heterocycles. The molecule has 1 aromatic carbocycles. The molecule has 0 aliphatic carbocycles. The highest BCUT2D eigenvalue weighted by molar-refractivity contribution is 6.07. The van der Waals surface area contributed by atoms with Crippen molar-refractivity contribution in [3.05, 3.63) is 47.3 Å². The molecular weight excluding hydrogens is 428 g/mol. The fourth-order valence-electron chi connectivity index (χ4n) is 4.54. The van der Waals surface area contributed by atoms with Crippen molar-refractivity contribution >= 4 is 11.5 Å². The number of ketones is 1.